The maximum atomic E-state index is 6.51. The molecule has 0 bridgehead atoms. The SMILES string of the molecule is COCCOCCOc1nn(C2CCC(N3C[C@@H](C)O[C@@H](C)C3)CC2)cc1Nc1nccc(-c2ccc(Cl)c(O[C@@H](C)Cn3cnnn3)c2)n1.Cl. The van der Waals surface area contributed by atoms with Crippen LogP contribution in [0.5, 0.6) is 11.6 Å². The van der Waals surface area contributed by atoms with E-state index in [0.717, 1.165) is 44.3 Å². The zero-order valence-electron chi connectivity index (χ0n) is 29.6. The molecule has 0 radical (unpaired) electrons. The number of tetrazole rings is 1. The van der Waals surface area contributed by atoms with E-state index in [-0.39, 0.29) is 36.8 Å². The number of aromatic nitrogens is 8. The summed E-state index contributed by atoms with van der Waals surface area (Å²) in [6.45, 7) is 10.5. The number of methoxy groups -OCH3 is 1. The van der Waals surface area contributed by atoms with Crippen molar-refractivity contribution < 1.29 is 23.7 Å². The molecule has 0 spiro atoms. The van der Waals surface area contributed by atoms with Gasteiger partial charge in [0.1, 0.15) is 30.5 Å². The minimum atomic E-state index is -0.226. The number of hydrogen-bond acceptors (Lipinski definition) is 13. The van der Waals surface area contributed by atoms with E-state index in [0.29, 0.717) is 73.0 Å². The second-order valence-electron chi connectivity index (χ2n) is 13.0. The fourth-order valence-electron chi connectivity index (χ4n) is 6.63. The van der Waals surface area contributed by atoms with Gasteiger partial charge in [-0.05, 0) is 75.1 Å². The first-order chi connectivity index (χ1) is 24.3. The average Bonchev–Trinajstić information content (AvgIpc) is 3.77. The Balaban J connectivity index is 0.00000504. The molecule has 1 aliphatic heterocycles. The van der Waals surface area contributed by atoms with Gasteiger partial charge in [-0.3, -0.25) is 9.58 Å². The van der Waals surface area contributed by atoms with Crippen LogP contribution >= 0.6 is 24.0 Å². The molecule has 1 saturated heterocycles. The van der Waals surface area contributed by atoms with Crippen molar-refractivity contribution in [1.29, 1.82) is 0 Å². The maximum absolute atomic E-state index is 6.51. The second-order valence-corrected chi connectivity index (χ2v) is 13.4. The number of nitrogens with zero attached hydrogens (tertiary/aromatic N) is 9. The van der Waals surface area contributed by atoms with Crippen LogP contribution in [0.2, 0.25) is 5.02 Å². The molecule has 4 aromatic rings. The van der Waals surface area contributed by atoms with Crippen molar-refractivity contribution >= 4 is 35.6 Å². The van der Waals surface area contributed by atoms with Crippen LogP contribution in [0.25, 0.3) is 11.3 Å². The first-order valence-electron chi connectivity index (χ1n) is 17.3. The molecule has 2 fully saturated rings. The Hall–Kier alpha value is -3.60. The summed E-state index contributed by atoms with van der Waals surface area (Å²) in [5.74, 6) is 1.42. The first-order valence-corrected chi connectivity index (χ1v) is 17.7. The van der Waals surface area contributed by atoms with E-state index in [1.54, 1.807) is 30.4 Å². The van der Waals surface area contributed by atoms with Gasteiger partial charge in [0, 0.05) is 38.0 Å². The third-order valence-electron chi connectivity index (χ3n) is 8.89. The summed E-state index contributed by atoms with van der Waals surface area (Å²) in [7, 11) is 1.65. The van der Waals surface area contributed by atoms with Gasteiger partial charge in [0.2, 0.25) is 5.95 Å². The van der Waals surface area contributed by atoms with E-state index in [1.165, 1.54) is 0 Å². The highest BCUT2D eigenvalue weighted by atomic mass is 35.5. The lowest BCUT2D eigenvalue weighted by atomic mass is 9.89. The quantitative estimate of drug-likeness (QED) is 0.149. The van der Waals surface area contributed by atoms with Gasteiger partial charge in [0.15, 0.2) is 0 Å². The minimum absolute atomic E-state index is 0. The zero-order chi connectivity index (χ0) is 34.9. The lowest BCUT2D eigenvalue weighted by Gasteiger charge is -2.42. The Bertz CT molecular complexity index is 1630. The molecule has 1 aliphatic carbocycles. The number of hydrogen-bond donors (Lipinski definition) is 1. The summed E-state index contributed by atoms with van der Waals surface area (Å²) >= 11 is 6.51. The number of benzene rings is 1. The molecule has 6 rings (SSSR count). The number of anilines is 2. The van der Waals surface area contributed by atoms with Crippen molar-refractivity contribution in [3.05, 3.63) is 48.0 Å². The molecule has 3 aromatic heterocycles. The Labute approximate surface area is 309 Å². The van der Waals surface area contributed by atoms with Crippen LogP contribution in [0.4, 0.5) is 11.6 Å². The molecule has 3 atom stereocenters. The fraction of sp³-hybridized carbons (Fsp3) is 0.588. The standard InChI is InChI=1S/C34H47ClN10O5.ClH/c1-23-18-43(19-24(2)49-23)27-6-8-28(9-7-27)45-21-31(33(40-45)48-16-15-47-14-13-46-4)39-34-36-12-11-30(38-34)26-5-10-29(35)32(17-26)50-25(3)20-44-22-37-41-42-44;/h5,10-12,17,21-25,27-28H,6-9,13-16,18-20H2,1-4H3,(H,36,38,39);1H/t23-,24+,25-,27?,28?;/m0./s1. The normalized spacial score (nSPS) is 21.5. The Morgan fingerprint density at radius 3 is 2.53 bits per heavy atom. The van der Waals surface area contributed by atoms with Gasteiger partial charge in [0.05, 0.1) is 61.5 Å². The summed E-state index contributed by atoms with van der Waals surface area (Å²) in [6.07, 6.45) is 9.86. The lowest BCUT2D eigenvalue weighted by molar-refractivity contribution is -0.0852. The number of halogens is 2. The van der Waals surface area contributed by atoms with Gasteiger partial charge < -0.3 is 29.0 Å². The van der Waals surface area contributed by atoms with Crippen LogP contribution in [-0.4, -0.2) is 116 Å². The minimum Gasteiger partial charge on any atom is -0.487 e. The van der Waals surface area contributed by atoms with Crippen LogP contribution in [0, 0.1) is 0 Å². The summed E-state index contributed by atoms with van der Waals surface area (Å²) in [4.78, 5) is 11.9. The summed E-state index contributed by atoms with van der Waals surface area (Å²) in [5, 5.41) is 20.0. The van der Waals surface area contributed by atoms with Gasteiger partial charge in [-0.2, -0.15) is 0 Å². The smallest absolute Gasteiger partial charge is 0.257 e. The predicted octanol–water partition coefficient (Wildman–Crippen LogP) is 5.25. The largest absolute Gasteiger partial charge is 0.487 e. The molecule has 0 amide bonds. The van der Waals surface area contributed by atoms with E-state index in [1.807, 2.05) is 36.0 Å². The molecule has 17 heteroatoms. The molecule has 51 heavy (non-hydrogen) atoms. The van der Waals surface area contributed by atoms with Crippen LogP contribution in [0.15, 0.2) is 43.0 Å². The summed E-state index contributed by atoms with van der Waals surface area (Å²) < 4.78 is 32.6. The molecule has 1 aromatic carbocycles. The third kappa shape index (κ3) is 10.7. The second kappa shape index (κ2) is 18.8. The summed E-state index contributed by atoms with van der Waals surface area (Å²) in [6, 6.07) is 8.24. The topological polar surface area (TPSA) is 149 Å². The molecule has 278 valence electrons. The van der Waals surface area contributed by atoms with E-state index in [9.17, 15) is 0 Å². The van der Waals surface area contributed by atoms with Crippen molar-refractivity contribution in [1.82, 2.24) is 44.9 Å². The molecular formula is C34H48Cl2N10O5. The maximum Gasteiger partial charge on any atom is 0.257 e. The Morgan fingerprint density at radius 1 is 1.02 bits per heavy atom. The van der Waals surface area contributed by atoms with Crippen LogP contribution in [0.1, 0.15) is 52.5 Å². The Kier molecular flexibility index (Phi) is 14.2. The van der Waals surface area contributed by atoms with E-state index in [4.69, 9.17) is 45.4 Å². The van der Waals surface area contributed by atoms with Gasteiger partial charge in [-0.1, -0.05) is 17.7 Å². The van der Waals surface area contributed by atoms with E-state index < -0.39 is 0 Å². The van der Waals surface area contributed by atoms with Crippen LogP contribution in [0.3, 0.4) is 0 Å². The van der Waals surface area contributed by atoms with Gasteiger partial charge >= 0.3 is 0 Å². The number of rotatable bonds is 16. The highest BCUT2D eigenvalue weighted by Crippen LogP contribution is 2.36. The molecular weight excluding hydrogens is 699 g/mol. The molecule has 1 N–H and O–H groups in total. The van der Waals surface area contributed by atoms with Crippen molar-refractivity contribution in [3.8, 4) is 22.9 Å². The fourth-order valence-corrected chi connectivity index (χ4v) is 6.80. The molecule has 2 aliphatic rings. The van der Waals surface area contributed by atoms with Crippen molar-refractivity contribution in [2.24, 2.45) is 0 Å². The van der Waals surface area contributed by atoms with Crippen molar-refractivity contribution in [2.45, 2.75) is 83.4 Å². The predicted molar refractivity (Wildman–Crippen MR) is 194 cm³/mol. The van der Waals surface area contributed by atoms with Crippen LogP contribution < -0.4 is 14.8 Å². The lowest BCUT2D eigenvalue weighted by Crippen LogP contribution is -2.51. The highest BCUT2D eigenvalue weighted by Gasteiger charge is 2.32. The van der Waals surface area contributed by atoms with Gasteiger partial charge in [0.25, 0.3) is 5.88 Å². The Morgan fingerprint density at radius 2 is 1.78 bits per heavy atom. The number of nitrogens with one attached hydrogen (secondary N) is 1. The monoisotopic (exact) mass is 746 g/mol. The van der Waals surface area contributed by atoms with Crippen molar-refractivity contribution in [3.63, 3.8) is 0 Å². The number of ether oxygens (including phenoxy) is 5. The molecule has 1 saturated carbocycles. The zero-order valence-corrected chi connectivity index (χ0v) is 31.1. The molecule has 4 heterocycles. The molecule has 0 unspecified atom stereocenters. The van der Waals surface area contributed by atoms with Gasteiger partial charge in [-0.25, -0.2) is 14.6 Å². The van der Waals surface area contributed by atoms with E-state index in [2.05, 4.69) is 44.6 Å². The highest BCUT2D eigenvalue weighted by molar-refractivity contribution is 6.32. The summed E-state index contributed by atoms with van der Waals surface area (Å²) in [5.41, 5.74) is 2.21. The third-order valence-corrected chi connectivity index (χ3v) is 9.21. The molecule has 15 nitrogen and oxygen atoms in total. The van der Waals surface area contributed by atoms with Gasteiger partial charge in [-0.15, -0.1) is 22.6 Å². The first kappa shape index (κ1) is 38.6. The van der Waals surface area contributed by atoms with E-state index >= 15 is 0 Å². The van der Waals surface area contributed by atoms with Crippen molar-refractivity contribution in [2.75, 3.05) is 51.9 Å². The number of morpholine rings is 1. The van der Waals surface area contributed by atoms with Crippen LogP contribution in [-0.2, 0) is 20.8 Å². The average molecular weight is 748 g/mol.